The largest absolute Gasteiger partial charge is 0.494 e. The second kappa shape index (κ2) is 17.8. The van der Waals surface area contributed by atoms with Crippen LogP contribution in [0.5, 0.6) is 11.5 Å². The molecule has 39 heavy (non-hydrogen) atoms. The van der Waals surface area contributed by atoms with E-state index in [2.05, 4.69) is 19.6 Å². The maximum atomic E-state index is 11.0. The van der Waals surface area contributed by atoms with Crippen LogP contribution in [0.4, 0.5) is 0 Å². The number of ether oxygens (including phenoxy) is 2. The molecule has 0 radical (unpaired) electrons. The van der Waals surface area contributed by atoms with Gasteiger partial charge >= 0.3 is 0 Å². The second-order valence-electron chi connectivity index (χ2n) is 9.62. The van der Waals surface area contributed by atoms with Crippen LogP contribution in [0.1, 0.15) is 50.7 Å². The van der Waals surface area contributed by atoms with Crippen LogP contribution >= 0.6 is 0 Å². The summed E-state index contributed by atoms with van der Waals surface area (Å²) in [6.45, 7) is 4.60. The molecule has 6 N–H and O–H groups in total. The van der Waals surface area contributed by atoms with Crippen LogP contribution in [-0.4, -0.2) is 81.0 Å². The third-order valence-corrected chi connectivity index (χ3v) is 6.31. The first kappa shape index (κ1) is 32.5. The van der Waals surface area contributed by atoms with Crippen molar-refractivity contribution in [1.29, 1.82) is 0 Å². The van der Waals surface area contributed by atoms with E-state index >= 15 is 0 Å². The zero-order valence-electron chi connectivity index (χ0n) is 22.9. The molecule has 1 unspecified atom stereocenters. The Hall–Kier alpha value is -2.68. The fourth-order valence-electron chi connectivity index (χ4n) is 3.87. The molecule has 0 spiro atoms. The van der Waals surface area contributed by atoms with Gasteiger partial charge in [0.1, 0.15) is 42.0 Å². The van der Waals surface area contributed by atoms with Gasteiger partial charge in [0, 0.05) is 12.0 Å². The molecule has 0 aliphatic carbocycles. The van der Waals surface area contributed by atoms with Crippen molar-refractivity contribution < 1.29 is 40.1 Å². The maximum absolute atomic E-state index is 11.0. The summed E-state index contributed by atoms with van der Waals surface area (Å²) in [6.07, 6.45) is -2.53. The van der Waals surface area contributed by atoms with Gasteiger partial charge in [-0.05, 0) is 60.7 Å². The highest BCUT2D eigenvalue weighted by atomic mass is 16.5. The fourth-order valence-corrected chi connectivity index (χ4v) is 3.87. The highest BCUT2D eigenvalue weighted by molar-refractivity contribution is 5.33. The summed E-state index contributed by atoms with van der Waals surface area (Å²) in [5, 5.41) is 60.8. The molecule has 2 aromatic carbocycles. The van der Waals surface area contributed by atoms with E-state index in [1.165, 1.54) is 0 Å². The fraction of sp³-hybridized carbons (Fsp3) is 0.516. The predicted octanol–water partition coefficient (Wildman–Crippen LogP) is 2.71. The molecule has 0 saturated carbocycles. The van der Waals surface area contributed by atoms with Crippen LogP contribution in [0, 0.1) is 0 Å². The molecule has 8 nitrogen and oxygen atoms in total. The van der Waals surface area contributed by atoms with Gasteiger partial charge in [-0.2, -0.15) is 0 Å². The van der Waals surface area contributed by atoms with Gasteiger partial charge in [-0.15, -0.1) is 5.73 Å². The molecule has 0 amide bonds. The zero-order valence-corrected chi connectivity index (χ0v) is 22.9. The number of aliphatic hydroxyl groups is 6. The Labute approximate surface area is 231 Å². The lowest BCUT2D eigenvalue weighted by atomic mass is 9.92. The van der Waals surface area contributed by atoms with E-state index in [1.54, 1.807) is 6.08 Å². The molecule has 0 aliphatic heterocycles. The number of hydrogen-bond acceptors (Lipinski definition) is 8. The third kappa shape index (κ3) is 11.1. The Bertz CT molecular complexity index is 1030. The van der Waals surface area contributed by atoms with Crippen LogP contribution in [0.2, 0.25) is 0 Å². The topological polar surface area (TPSA) is 140 Å². The van der Waals surface area contributed by atoms with Gasteiger partial charge in [0.15, 0.2) is 0 Å². The number of unbranched alkanes of at least 4 members (excludes halogenated alkanes) is 2. The van der Waals surface area contributed by atoms with E-state index in [-0.39, 0.29) is 12.0 Å². The first-order valence-electron chi connectivity index (χ1n) is 13.7. The van der Waals surface area contributed by atoms with Crippen molar-refractivity contribution in [1.82, 2.24) is 0 Å². The van der Waals surface area contributed by atoms with Crippen LogP contribution in [0.3, 0.4) is 0 Å². The standard InChI is InChI=1S/C31H44O8/c1-3-5-16-38-25-14-8-11-22(19-25)10-7-13-24(28(34)30(36)31(37)29(35)27(33)21-32)18-23-12-9-15-26(20-23)39-17-6-4-2/h7-9,11-12,14-15,19-20,27-37H,3-6,10,16-18,21H2,1-2H3/t13?,27-,28?,29+,30+,31-/m0/s1. The van der Waals surface area contributed by atoms with Crippen molar-refractivity contribution in [2.75, 3.05) is 19.8 Å². The Kier molecular flexibility index (Phi) is 14.9. The summed E-state index contributed by atoms with van der Waals surface area (Å²) in [4.78, 5) is 0. The lowest BCUT2D eigenvalue weighted by Gasteiger charge is -2.29. The Morgan fingerprint density at radius 1 is 0.795 bits per heavy atom. The molecule has 0 saturated heterocycles. The van der Waals surface area contributed by atoms with Crippen molar-refractivity contribution in [3.05, 3.63) is 77.0 Å². The zero-order chi connectivity index (χ0) is 28.6. The van der Waals surface area contributed by atoms with Crippen molar-refractivity contribution in [3.63, 3.8) is 0 Å². The lowest BCUT2D eigenvalue weighted by Crippen LogP contribution is -2.50. The third-order valence-electron chi connectivity index (χ3n) is 6.31. The summed E-state index contributed by atoms with van der Waals surface area (Å²) in [5.41, 5.74) is 5.11. The molecule has 2 rings (SSSR count). The van der Waals surface area contributed by atoms with Crippen molar-refractivity contribution in [3.8, 4) is 11.5 Å². The minimum absolute atomic E-state index is 0.186. The minimum Gasteiger partial charge on any atom is -0.494 e. The molecule has 0 heterocycles. The molecule has 216 valence electrons. The Balaban J connectivity index is 2.29. The van der Waals surface area contributed by atoms with Crippen molar-refractivity contribution in [2.24, 2.45) is 0 Å². The van der Waals surface area contributed by atoms with Crippen LogP contribution in [-0.2, 0) is 12.8 Å². The van der Waals surface area contributed by atoms with E-state index in [9.17, 15) is 25.5 Å². The SMILES string of the molecule is CCCCOc1cccc(CC=C=C(Cc2cccc(OCCCC)c2)C(O)[C@@H](O)[C@@H](O)[C@H](O)[C@@H](O)CO)c1. The normalized spacial score (nSPS) is 15.0. The molecule has 5 atom stereocenters. The van der Waals surface area contributed by atoms with Crippen LogP contribution in [0.25, 0.3) is 0 Å². The number of rotatable bonds is 18. The van der Waals surface area contributed by atoms with Gasteiger partial charge in [-0.1, -0.05) is 51.0 Å². The van der Waals surface area contributed by atoms with Crippen LogP contribution < -0.4 is 9.47 Å². The molecule has 0 fully saturated rings. The number of hydrogen-bond donors (Lipinski definition) is 6. The predicted molar refractivity (Wildman–Crippen MR) is 150 cm³/mol. The average molecular weight is 545 g/mol. The minimum atomic E-state index is -1.90. The molecule has 8 heteroatoms. The lowest BCUT2D eigenvalue weighted by molar-refractivity contribution is -0.134. The van der Waals surface area contributed by atoms with Gasteiger partial charge in [0.25, 0.3) is 0 Å². The maximum Gasteiger partial charge on any atom is 0.119 e. The summed E-state index contributed by atoms with van der Waals surface area (Å²) in [7, 11) is 0. The van der Waals surface area contributed by atoms with E-state index in [0.29, 0.717) is 25.4 Å². The van der Waals surface area contributed by atoms with Crippen molar-refractivity contribution >= 4 is 0 Å². The molecular weight excluding hydrogens is 500 g/mol. The number of benzene rings is 2. The summed E-state index contributed by atoms with van der Waals surface area (Å²) < 4.78 is 11.6. The quantitative estimate of drug-likeness (QED) is 0.124. The molecule has 2 aromatic rings. The van der Waals surface area contributed by atoms with E-state index in [0.717, 1.165) is 42.6 Å². The van der Waals surface area contributed by atoms with Gasteiger partial charge in [0.2, 0.25) is 0 Å². The van der Waals surface area contributed by atoms with Crippen molar-refractivity contribution in [2.45, 2.75) is 82.9 Å². The smallest absolute Gasteiger partial charge is 0.119 e. The van der Waals surface area contributed by atoms with Gasteiger partial charge in [-0.3, -0.25) is 0 Å². The second-order valence-corrected chi connectivity index (χ2v) is 9.62. The van der Waals surface area contributed by atoms with Gasteiger partial charge in [-0.25, -0.2) is 0 Å². The number of aliphatic hydroxyl groups excluding tert-OH is 6. The summed E-state index contributed by atoms with van der Waals surface area (Å²) in [6, 6.07) is 15.1. The summed E-state index contributed by atoms with van der Waals surface area (Å²) >= 11 is 0. The first-order valence-corrected chi connectivity index (χ1v) is 13.7. The first-order chi connectivity index (χ1) is 18.8. The molecular formula is C31H44O8. The Morgan fingerprint density at radius 3 is 1.92 bits per heavy atom. The molecule has 0 bridgehead atoms. The summed E-state index contributed by atoms with van der Waals surface area (Å²) in [5.74, 6) is 1.45. The Morgan fingerprint density at radius 2 is 1.36 bits per heavy atom. The van der Waals surface area contributed by atoms with Gasteiger partial charge < -0.3 is 40.1 Å². The van der Waals surface area contributed by atoms with Crippen LogP contribution in [0.15, 0.2) is 65.9 Å². The molecule has 0 aliphatic rings. The highest BCUT2D eigenvalue weighted by Gasteiger charge is 2.35. The van der Waals surface area contributed by atoms with E-state index in [1.807, 2.05) is 48.5 Å². The monoisotopic (exact) mass is 544 g/mol. The highest BCUT2D eigenvalue weighted by Crippen LogP contribution is 2.21. The van der Waals surface area contributed by atoms with E-state index in [4.69, 9.17) is 14.6 Å². The average Bonchev–Trinajstić information content (AvgIpc) is 2.95. The van der Waals surface area contributed by atoms with Gasteiger partial charge in [0.05, 0.1) is 19.8 Å². The van der Waals surface area contributed by atoms with E-state index < -0.39 is 37.1 Å². The molecule has 0 aromatic heterocycles.